The molecular weight excluding hydrogens is 266 g/mol. The highest BCUT2D eigenvalue weighted by Crippen LogP contribution is 2.39. The second-order valence-corrected chi connectivity index (χ2v) is 4.52. The van der Waals surface area contributed by atoms with Crippen LogP contribution in [0.25, 0.3) is 0 Å². The van der Waals surface area contributed by atoms with Gasteiger partial charge in [-0.1, -0.05) is 17.7 Å². The van der Waals surface area contributed by atoms with Gasteiger partial charge in [-0.2, -0.15) is 0 Å². The SMILES string of the molecule is COc1ccc(C=Nc2ccc(C)cc2)c(OC)c1OC. The summed E-state index contributed by atoms with van der Waals surface area (Å²) in [6, 6.07) is 11.7. The summed E-state index contributed by atoms with van der Waals surface area (Å²) in [5.41, 5.74) is 2.92. The van der Waals surface area contributed by atoms with E-state index >= 15 is 0 Å². The molecule has 110 valence electrons. The molecule has 0 aromatic heterocycles. The summed E-state index contributed by atoms with van der Waals surface area (Å²) < 4.78 is 16.0. The van der Waals surface area contributed by atoms with Crippen molar-refractivity contribution in [1.29, 1.82) is 0 Å². The van der Waals surface area contributed by atoms with Crippen LogP contribution in [0.5, 0.6) is 17.2 Å². The molecular formula is C17H19NO3. The molecule has 0 aliphatic rings. The predicted octanol–water partition coefficient (Wildman–Crippen LogP) is 3.77. The number of benzene rings is 2. The number of hydrogen-bond donors (Lipinski definition) is 0. The molecule has 0 unspecified atom stereocenters. The average molecular weight is 285 g/mol. The van der Waals surface area contributed by atoms with Gasteiger partial charge >= 0.3 is 0 Å². The number of aliphatic imine (C=N–C) groups is 1. The third-order valence-corrected chi connectivity index (χ3v) is 3.12. The molecule has 0 radical (unpaired) electrons. The Bertz CT molecular complexity index is 633. The van der Waals surface area contributed by atoms with Crippen molar-refractivity contribution < 1.29 is 14.2 Å². The third-order valence-electron chi connectivity index (χ3n) is 3.12. The summed E-state index contributed by atoms with van der Waals surface area (Å²) in [6.45, 7) is 2.05. The van der Waals surface area contributed by atoms with Gasteiger partial charge in [-0.15, -0.1) is 0 Å². The van der Waals surface area contributed by atoms with Crippen LogP contribution in [0.4, 0.5) is 5.69 Å². The third kappa shape index (κ3) is 3.34. The van der Waals surface area contributed by atoms with E-state index in [4.69, 9.17) is 14.2 Å². The number of aryl methyl sites for hydroxylation is 1. The Morgan fingerprint density at radius 1 is 0.810 bits per heavy atom. The Hall–Kier alpha value is -2.49. The largest absolute Gasteiger partial charge is 0.493 e. The van der Waals surface area contributed by atoms with Gasteiger partial charge in [0.25, 0.3) is 0 Å². The molecule has 0 heterocycles. The summed E-state index contributed by atoms with van der Waals surface area (Å²) in [5, 5.41) is 0. The molecule has 0 fully saturated rings. The van der Waals surface area contributed by atoms with Crippen LogP contribution >= 0.6 is 0 Å². The maximum Gasteiger partial charge on any atom is 0.203 e. The Morgan fingerprint density at radius 3 is 2.05 bits per heavy atom. The number of nitrogens with zero attached hydrogens (tertiary/aromatic N) is 1. The average Bonchev–Trinajstić information content (AvgIpc) is 2.53. The van der Waals surface area contributed by atoms with E-state index in [1.54, 1.807) is 27.5 Å². The highest BCUT2D eigenvalue weighted by molar-refractivity contribution is 5.87. The zero-order chi connectivity index (χ0) is 15.2. The first-order chi connectivity index (χ1) is 10.2. The van der Waals surface area contributed by atoms with Gasteiger partial charge in [-0.25, -0.2) is 0 Å². The minimum absolute atomic E-state index is 0.563. The van der Waals surface area contributed by atoms with E-state index in [2.05, 4.69) is 4.99 Å². The minimum Gasteiger partial charge on any atom is -0.493 e. The number of methoxy groups -OCH3 is 3. The standard InChI is InChI=1S/C17H19NO3/c1-12-5-8-14(9-6-12)18-11-13-7-10-15(19-2)17(21-4)16(13)20-3/h5-11H,1-4H3. The van der Waals surface area contributed by atoms with Gasteiger partial charge in [-0.3, -0.25) is 4.99 Å². The van der Waals surface area contributed by atoms with Crippen LogP contribution in [-0.4, -0.2) is 27.5 Å². The van der Waals surface area contributed by atoms with Crippen LogP contribution in [0.15, 0.2) is 41.4 Å². The Kier molecular flexibility index (Phi) is 4.82. The van der Waals surface area contributed by atoms with Gasteiger partial charge in [-0.05, 0) is 31.2 Å². The van der Waals surface area contributed by atoms with Gasteiger partial charge in [0.05, 0.1) is 27.0 Å². The van der Waals surface area contributed by atoms with Crippen molar-refractivity contribution in [2.24, 2.45) is 4.99 Å². The highest BCUT2D eigenvalue weighted by atomic mass is 16.5. The van der Waals surface area contributed by atoms with Gasteiger partial charge in [0, 0.05) is 11.8 Å². The maximum atomic E-state index is 5.42. The lowest BCUT2D eigenvalue weighted by atomic mass is 10.2. The fourth-order valence-electron chi connectivity index (χ4n) is 2.00. The van der Waals surface area contributed by atoms with Gasteiger partial charge < -0.3 is 14.2 Å². The lowest BCUT2D eigenvalue weighted by molar-refractivity contribution is 0.324. The molecule has 0 amide bonds. The molecule has 4 heteroatoms. The fraction of sp³-hybridized carbons (Fsp3) is 0.235. The van der Waals surface area contributed by atoms with E-state index < -0.39 is 0 Å². The summed E-state index contributed by atoms with van der Waals surface area (Å²) in [5.74, 6) is 1.79. The molecule has 0 saturated carbocycles. The van der Waals surface area contributed by atoms with Gasteiger partial charge in [0.1, 0.15) is 0 Å². The molecule has 0 N–H and O–H groups in total. The van der Waals surface area contributed by atoms with E-state index in [1.807, 2.05) is 43.3 Å². The monoisotopic (exact) mass is 285 g/mol. The lowest BCUT2D eigenvalue weighted by Crippen LogP contribution is -1.98. The predicted molar refractivity (Wildman–Crippen MR) is 84.5 cm³/mol. The molecule has 0 spiro atoms. The summed E-state index contributed by atoms with van der Waals surface area (Å²) in [6.07, 6.45) is 1.76. The second kappa shape index (κ2) is 6.79. The smallest absolute Gasteiger partial charge is 0.203 e. The van der Waals surface area contributed by atoms with E-state index in [-0.39, 0.29) is 0 Å². The molecule has 0 aliphatic heterocycles. The van der Waals surface area contributed by atoms with Crippen LogP contribution < -0.4 is 14.2 Å². The Morgan fingerprint density at radius 2 is 1.48 bits per heavy atom. The quantitative estimate of drug-likeness (QED) is 0.785. The molecule has 0 aliphatic carbocycles. The zero-order valence-corrected chi connectivity index (χ0v) is 12.7. The fourth-order valence-corrected chi connectivity index (χ4v) is 2.00. The normalized spacial score (nSPS) is 10.7. The molecule has 2 aromatic carbocycles. The van der Waals surface area contributed by atoms with Crippen LogP contribution in [0.1, 0.15) is 11.1 Å². The molecule has 4 nitrogen and oxygen atoms in total. The van der Waals surface area contributed by atoms with Crippen molar-refractivity contribution in [1.82, 2.24) is 0 Å². The molecule has 0 bridgehead atoms. The molecule has 0 saturated heterocycles. The number of rotatable bonds is 5. The van der Waals surface area contributed by atoms with E-state index in [1.165, 1.54) is 5.56 Å². The molecule has 2 aromatic rings. The van der Waals surface area contributed by atoms with E-state index in [9.17, 15) is 0 Å². The Balaban J connectivity index is 2.37. The molecule has 0 atom stereocenters. The van der Waals surface area contributed by atoms with E-state index in [0.717, 1.165) is 11.3 Å². The number of ether oxygens (including phenoxy) is 3. The highest BCUT2D eigenvalue weighted by Gasteiger charge is 2.14. The van der Waals surface area contributed by atoms with Crippen molar-refractivity contribution in [3.63, 3.8) is 0 Å². The maximum absolute atomic E-state index is 5.42. The Labute approximate surface area is 125 Å². The first-order valence-electron chi connectivity index (χ1n) is 6.59. The van der Waals surface area contributed by atoms with Crippen LogP contribution in [0.3, 0.4) is 0 Å². The van der Waals surface area contributed by atoms with Crippen LogP contribution in [-0.2, 0) is 0 Å². The van der Waals surface area contributed by atoms with Gasteiger partial charge in [0.15, 0.2) is 11.5 Å². The molecule has 21 heavy (non-hydrogen) atoms. The minimum atomic E-state index is 0.563. The first-order valence-corrected chi connectivity index (χ1v) is 6.59. The van der Waals surface area contributed by atoms with Crippen molar-refractivity contribution >= 4 is 11.9 Å². The van der Waals surface area contributed by atoms with Crippen LogP contribution in [0.2, 0.25) is 0 Å². The number of hydrogen-bond acceptors (Lipinski definition) is 4. The first kappa shape index (κ1) is 14.9. The molecule has 2 rings (SSSR count). The van der Waals surface area contributed by atoms with Crippen molar-refractivity contribution in [2.75, 3.05) is 21.3 Å². The summed E-state index contributed by atoms with van der Waals surface area (Å²) >= 11 is 0. The van der Waals surface area contributed by atoms with Gasteiger partial charge in [0.2, 0.25) is 5.75 Å². The summed E-state index contributed by atoms with van der Waals surface area (Å²) in [4.78, 5) is 4.46. The second-order valence-electron chi connectivity index (χ2n) is 4.52. The lowest BCUT2D eigenvalue weighted by Gasteiger charge is -2.13. The zero-order valence-electron chi connectivity index (χ0n) is 12.7. The summed E-state index contributed by atoms with van der Waals surface area (Å²) in [7, 11) is 4.78. The van der Waals surface area contributed by atoms with Crippen molar-refractivity contribution in [3.05, 3.63) is 47.5 Å². The van der Waals surface area contributed by atoms with Crippen LogP contribution in [0, 0.1) is 6.92 Å². The van der Waals surface area contributed by atoms with Crippen molar-refractivity contribution in [2.45, 2.75) is 6.92 Å². The van der Waals surface area contributed by atoms with Crippen molar-refractivity contribution in [3.8, 4) is 17.2 Å². The topological polar surface area (TPSA) is 40.0 Å². The van der Waals surface area contributed by atoms with E-state index in [0.29, 0.717) is 17.2 Å².